The number of rotatable bonds is 6. The van der Waals surface area contributed by atoms with Crippen LogP contribution in [0.4, 0.5) is 5.69 Å². The van der Waals surface area contributed by atoms with Crippen LogP contribution in [-0.4, -0.2) is 15.0 Å². The molecule has 0 amide bonds. The Morgan fingerprint density at radius 3 is 2.50 bits per heavy atom. The molecule has 1 heterocycles. The number of anilines is 1. The molecule has 1 N–H and O–H groups in total. The molecule has 0 unspecified atom stereocenters. The van der Waals surface area contributed by atoms with E-state index in [-0.39, 0.29) is 4.21 Å². The Bertz CT molecular complexity index is 683. The van der Waals surface area contributed by atoms with Crippen molar-refractivity contribution in [1.29, 1.82) is 0 Å². The summed E-state index contributed by atoms with van der Waals surface area (Å²) in [5.74, 6) is 0. The number of thiophene rings is 1. The predicted octanol–water partition coefficient (Wildman–Crippen LogP) is 3.29. The van der Waals surface area contributed by atoms with E-state index in [1.165, 1.54) is 11.1 Å². The van der Waals surface area contributed by atoms with E-state index < -0.39 is 10.0 Å². The molecule has 1 aromatic carbocycles. The van der Waals surface area contributed by atoms with Crippen molar-refractivity contribution in [3.05, 3.63) is 59.5 Å². The zero-order valence-corrected chi connectivity index (χ0v) is 12.9. The molecule has 1 aromatic heterocycles. The maximum absolute atomic E-state index is 12.3. The zero-order chi connectivity index (χ0) is 14.6. The van der Waals surface area contributed by atoms with Gasteiger partial charge in [0.05, 0.1) is 16.6 Å². The molecule has 0 bridgehead atoms. The van der Waals surface area contributed by atoms with Gasteiger partial charge in [0.15, 0.2) is 0 Å². The van der Waals surface area contributed by atoms with E-state index in [4.69, 9.17) is 11.6 Å². The summed E-state index contributed by atoms with van der Waals surface area (Å²) >= 11 is 6.79. The number of para-hydroxylation sites is 1. The van der Waals surface area contributed by atoms with Crippen LogP contribution >= 0.6 is 22.9 Å². The Labute approximate surface area is 127 Å². The molecular weight excluding hydrogens is 316 g/mol. The number of hydrogen-bond donors (Lipinski definition) is 1. The van der Waals surface area contributed by atoms with Crippen molar-refractivity contribution in [2.45, 2.75) is 4.21 Å². The van der Waals surface area contributed by atoms with Crippen LogP contribution in [0, 0.1) is 0 Å². The zero-order valence-electron chi connectivity index (χ0n) is 10.5. The third-order valence-corrected chi connectivity index (χ3v) is 5.48. The third-order valence-electron chi connectivity index (χ3n) is 2.42. The summed E-state index contributed by atoms with van der Waals surface area (Å²) in [4.78, 5) is 2.53. The lowest BCUT2D eigenvalue weighted by Crippen LogP contribution is -2.42. The molecule has 20 heavy (non-hydrogen) atoms. The van der Waals surface area contributed by atoms with Crippen LogP contribution in [0.3, 0.4) is 0 Å². The number of hydrazine groups is 1. The summed E-state index contributed by atoms with van der Waals surface area (Å²) in [6, 6.07) is 12.2. The van der Waals surface area contributed by atoms with Crippen LogP contribution < -0.4 is 9.84 Å². The molecule has 0 fully saturated rings. The second kappa shape index (κ2) is 6.41. The van der Waals surface area contributed by atoms with Gasteiger partial charge in [-0.15, -0.1) is 22.7 Å². The van der Waals surface area contributed by atoms with Crippen molar-refractivity contribution in [2.24, 2.45) is 0 Å². The molecule has 0 spiro atoms. The van der Waals surface area contributed by atoms with Crippen molar-refractivity contribution < 1.29 is 8.42 Å². The first kappa shape index (κ1) is 15.1. The van der Waals surface area contributed by atoms with Gasteiger partial charge in [0.1, 0.15) is 4.21 Å². The average Bonchev–Trinajstić information content (AvgIpc) is 2.87. The first-order chi connectivity index (χ1) is 9.53. The Hall–Kier alpha value is -1.34. The Morgan fingerprint density at radius 2 is 1.95 bits per heavy atom. The van der Waals surface area contributed by atoms with Gasteiger partial charge in [-0.05, 0) is 24.3 Å². The fraction of sp³-hybridized carbons (Fsp3) is 0.0769. The normalized spacial score (nSPS) is 11.2. The van der Waals surface area contributed by atoms with Crippen LogP contribution in [-0.2, 0) is 10.0 Å². The fourth-order valence-electron chi connectivity index (χ4n) is 1.56. The lowest BCUT2D eigenvalue weighted by atomic mass is 10.3. The Morgan fingerprint density at radius 1 is 1.25 bits per heavy atom. The van der Waals surface area contributed by atoms with Crippen LogP contribution in [0.5, 0.6) is 0 Å². The average molecular weight is 329 g/mol. The minimum absolute atomic E-state index is 0.174. The molecule has 0 saturated heterocycles. The quantitative estimate of drug-likeness (QED) is 0.654. The number of nitrogens with one attached hydrogen (secondary N) is 1. The Kier molecular flexibility index (Phi) is 4.82. The number of benzene rings is 1. The van der Waals surface area contributed by atoms with E-state index in [0.29, 0.717) is 10.9 Å². The smallest absolute Gasteiger partial charge is 0.267 e. The van der Waals surface area contributed by atoms with Crippen LogP contribution in [0.1, 0.15) is 0 Å². The lowest BCUT2D eigenvalue weighted by Gasteiger charge is -2.23. The minimum Gasteiger partial charge on any atom is -0.291 e. The second-order valence-electron chi connectivity index (χ2n) is 3.89. The largest absolute Gasteiger partial charge is 0.291 e. The van der Waals surface area contributed by atoms with Gasteiger partial charge < -0.3 is 0 Å². The summed E-state index contributed by atoms with van der Waals surface area (Å²) in [5, 5.41) is 1.51. The highest BCUT2D eigenvalue weighted by Crippen LogP contribution is 2.26. The van der Waals surface area contributed by atoms with Crippen LogP contribution in [0.2, 0.25) is 4.34 Å². The number of hydrogen-bond acceptors (Lipinski definition) is 4. The van der Waals surface area contributed by atoms with Gasteiger partial charge in [-0.1, -0.05) is 35.9 Å². The van der Waals surface area contributed by atoms with E-state index in [2.05, 4.69) is 11.4 Å². The SMILES string of the molecule is C=CCN(NS(=O)(=O)c1ccc(Cl)s1)c1ccccc1. The van der Waals surface area contributed by atoms with Crippen molar-refractivity contribution in [3.63, 3.8) is 0 Å². The molecule has 7 heteroatoms. The van der Waals surface area contributed by atoms with Crippen LogP contribution in [0.25, 0.3) is 0 Å². The maximum atomic E-state index is 12.3. The van der Waals surface area contributed by atoms with Crippen LogP contribution in [0.15, 0.2) is 59.3 Å². The molecule has 0 aliphatic rings. The van der Waals surface area contributed by atoms with Gasteiger partial charge in [-0.2, -0.15) is 0 Å². The van der Waals surface area contributed by atoms with Crippen molar-refractivity contribution in [3.8, 4) is 0 Å². The maximum Gasteiger partial charge on any atom is 0.267 e. The van der Waals surface area contributed by atoms with E-state index in [1.807, 2.05) is 30.3 Å². The number of nitrogens with zero attached hydrogens (tertiary/aromatic N) is 1. The molecule has 0 atom stereocenters. The fourth-order valence-corrected chi connectivity index (χ4v) is 4.11. The second-order valence-corrected chi connectivity index (χ2v) is 7.49. The molecule has 0 saturated carbocycles. The molecule has 4 nitrogen and oxygen atoms in total. The highest BCUT2D eigenvalue weighted by atomic mass is 35.5. The molecule has 0 radical (unpaired) electrons. The molecule has 2 aromatic rings. The number of halogens is 1. The van der Waals surface area contributed by atoms with Gasteiger partial charge in [0, 0.05) is 0 Å². The van der Waals surface area contributed by atoms with Crippen molar-refractivity contribution >= 4 is 38.6 Å². The first-order valence-corrected chi connectivity index (χ1v) is 8.42. The summed E-state index contributed by atoms with van der Waals surface area (Å²) in [6.07, 6.45) is 1.62. The lowest BCUT2D eigenvalue weighted by molar-refractivity contribution is 0.580. The van der Waals surface area contributed by atoms with E-state index in [9.17, 15) is 8.42 Å². The van der Waals surface area contributed by atoms with Gasteiger partial charge >= 0.3 is 0 Å². The highest BCUT2D eigenvalue weighted by molar-refractivity contribution is 7.91. The van der Waals surface area contributed by atoms with Crippen molar-refractivity contribution in [1.82, 2.24) is 4.83 Å². The summed E-state index contributed by atoms with van der Waals surface area (Å²) in [5.41, 5.74) is 0.735. The summed E-state index contributed by atoms with van der Waals surface area (Å²) in [6.45, 7) is 3.99. The van der Waals surface area contributed by atoms with Gasteiger partial charge in [0.25, 0.3) is 10.0 Å². The molecule has 106 valence electrons. The van der Waals surface area contributed by atoms with Gasteiger partial charge in [-0.3, -0.25) is 5.01 Å². The standard InChI is InChI=1S/C13H13ClN2O2S2/c1-2-10-16(11-6-4-3-5-7-11)15-20(17,18)13-9-8-12(14)19-13/h2-9,15H,1,10H2. The molecule has 2 rings (SSSR count). The Balaban J connectivity index is 2.26. The molecule has 0 aliphatic carbocycles. The van der Waals surface area contributed by atoms with Crippen molar-refractivity contribution in [2.75, 3.05) is 11.6 Å². The summed E-state index contributed by atoms with van der Waals surface area (Å²) < 4.78 is 25.1. The first-order valence-electron chi connectivity index (χ1n) is 5.74. The molecular formula is C13H13ClN2O2S2. The third kappa shape index (κ3) is 3.61. The predicted molar refractivity (Wildman–Crippen MR) is 83.6 cm³/mol. The topological polar surface area (TPSA) is 49.4 Å². The monoisotopic (exact) mass is 328 g/mol. The highest BCUT2D eigenvalue weighted by Gasteiger charge is 2.20. The molecule has 0 aliphatic heterocycles. The van der Waals surface area contributed by atoms with E-state index in [1.54, 1.807) is 12.1 Å². The number of sulfonamides is 1. The van der Waals surface area contributed by atoms with Gasteiger partial charge in [-0.25, -0.2) is 8.42 Å². The summed E-state index contributed by atoms with van der Waals surface area (Å²) in [7, 11) is -3.65. The van der Waals surface area contributed by atoms with E-state index in [0.717, 1.165) is 17.0 Å². The minimum atomic E-state index is -3.65. The van der Waals surface area contributed by atoms with Gasteiger partial charge in [0.2, 0.25) is 0 Å². The van der Waals surface area contributed by atoms with E-state index >= 15 is 0 Å².